The van der Waals surface area contributed by atoms with Gasteiger partial charge in [-0.05, 0) is 19.8 Å². The Morgan fingerprint density at radius 3 is 2.47 bits per heavy atom. The molecular formula is C13H18N2O3S. The summed E-state index contributed by atoms with van der Waals surface area (Å²) in [4.78, 5) is 27.5. The molecule has 4 unspecified atom stereocenters. The van der Waals surface area contributed by atoms with Gasteiger partial charge in [0.05, 0.1) is 18.1 Å². The smallest absolute Gasteiger partial charge is 0.232 e. The Kier molecular flexibility index (Phi) is 4.01. The molecule has 4 atom stereocenters. The maximum atomic E-state index is 12.3. The van der Waals surface area contributed by atoms with E-state index in [-0.39, 0.29) is 35.7 Å². The Balaban J connectivity index is 2.06. The van der Waals surface area contributed by atoms with Crippen LogP contribution in [0.3, 0.4) is 0 Å². The summed E-state index contributed by atoms with van der Waals surface area (Å²) in [5.74, 6) is -0.202. The molecule has 0 bridgehead atoms. The highest BCUT2D eigenvalue weighted by molar-refractivity contribution is 7.14. The Morgan fingerprint density at radius 2 is 2.00 bits per heavy atom. The Labute approximate surface area is 116 Å². The number of ether oxygens (including phenoxy) is 1. The van der Waals surface area contributed by atoms with Crippen LogP contribution in [-0.2, 0) is 9.53 Å². The lowest BCUT2D eigenvalue weighted by atomic mass is 9.89. The minimum Gasteiger partial charge on any atom is -0.374 e. The van der Waals surface area contributed by atoms with Gasteiger partial charge in [-0.1, -0.05) is 6.92 Å². The topological polar surface area (TPSA) is 68.3 Å². The van der Waals surface area contributed by atoms with Crippen molar-refractivity contribution in [2.75, 3.05) is 5.32 Å². The number of ketones is 1. The molecule has 1 aliphatic rings. The molecule has 1 aromatic rings. The molecule has 0 spiro atoms. The van der Waals surface area contributed by atoms with Crippen molar-refractivity contribution in [3.05, 3.63) is 11.1 Å². The zero-order valence-corrected chi connectivity index (χ0v) is 12.3. The molecule has 19 heavy (non-hydrogen) atoms. The fraction of sp³-hybridized carbons (Fsp3) is 0.615. The van der Waals surface area contributed by atoms with E-state index in [0.717, 1.165) is 0 Å². The molecule has 1 N–H and O–H groups in total. The number of hydrogen-bond donors (Lipinski definition) is 1. The summed E-state index contributed by atoms with van der Waals surface area (Å²) in [6, 6.07) is 0. The van der Waals surface area contributed by atoms with Gasteiger partial charge >= 0.3 is 0 Å². The molecule has 0 saturated carbocycles. The van der Waals surface area contributed by atoms with E-state index in [2.05, 4.69) is 10.3 Å². The van der Waals surface area contributed by atoms with Crippen LogP contribution < -0.4 is 5.32 Å². The van der Waals surface area contributed by atoms with E-state index in [9.17, 15) is 9.59 Å². The summed E-state index contributed by atoms with van der Waals surface area (Å²) in [5.41, 5.74) is 0.387. The highest BCUT2D eigenvalue weighted by Crippen LogP contribution is 2.33. The van der Waals surface area contributed by atoms with Crippen molar-refractivity contribution in [2.45, 2.75) is 39.9 Å². The van der Waals surface area contributed by atoms with E-state index in [1.165, 1.54) is 18.3 Å². The van der Waals surface area contributed by atoms with Crippen molar-refractivity contribution in [3.8, 4) is 0 Å². The number of Topliss-reactive ketones (excluding diaryl/α,β-unsaturated/α-hetero) is 1. The quantitative estimate of drug-likeness (QED) is 0.864. The maximum Gasteiger partial charge on any atom is 0.232 e. The summed E-state index contributed by atoms with van der Waals surface area (Å²) in [6.45, 7) is 7.36. The summed E-state index contributed by atoms with van der Waals surface area (Å²) in [6.07, 6.45) is -0.0212. The first kappa shape index (κ1) is 14.1. The molecule has 104 valence electrons. The number of amides is 1. The molecule has 1 amide bonds. The minimum absolute atomic E-state index is 0.0785. The Bertz CT molecular complexity index is 500. The average molecular weight is 282 g/mol. The van der Waals surface area contributed by atoms with Crippen LogP contribution in [-0.4, -0.2) is 28.9 Å². The second kappa shape index (κ2) is 5.38. The molecule has 1 saturated heterocycles. The van der Waals surface area contributed by atoms with Crippen molar-refractivity contribution in [2.24, 2.45) is 11.8 Å². The maximum absolute atomic E-state index is 12.3. The number of hydrogen-bond acceptors (Lipinski definition) is 5. The molecular weight excluding hydrogens is 264 g/mol. The van der Waals surface area contributed by atoms with Crippen LogP contribution in [0.5, 0.6) is 0 Å². The van der Waals surface area contributed by atoms with Gasteiger partial charge in [-0.15, -0.1) is 11.3 Å². The summed E-state index contributed by atoms with van der Waals surface area (Å²) < 4.78 is 5.66. The number of nitrogens with one attached hydrogen (secondary N) is 1. The lowest BCUT2D eigenvalue weighted by Crippen LogP contribution is -2.31. The number of thiazole rings is 1. The van der Waals surface area contributed by atoms with Crippen molar-refractivity contribution in [3.63, 3.8) is 0 Å². The number of aromatic nitrogens is 1. The monoisotopic (exact) mass is 282 g/mol. The molecule has 5 nitrogen and oxygen atoms in total. The van der Waals surface area contributed by atoms with Gasteiger partial charge in [0.15, 0.2) is 10.9 Å². The summed E-state index contributed by atoms with van der Waals surface area (Å²) in [5, 5.41) is 4.89. The molecule has 0 radical (unpaired) electrons. The lowest BCUT2D eigenvalue weighted by Gasteiger charge is -2.16. The van der Waals surface area contributed by atoms with Gasteiger partial charge in [-0.3, -0.25) is 9.59 Å². The normalized spacial score (nSPS) is 30.3. The van der Waals surface area contributed by atoms with Crippen LogP contribution in [0.2, 0.25) is 0 Å². The SMILES string of the molecule is CC(=O)c1csc(NC(=O)C2C(C)OC(C)C2C)n1. The summed E-state index contributed by atoms with van der Waals surface area (Å²) >= 11 is 1.26. The number of carbonyl (C=O) groups excluding carboxylic acids is 2. The van der Waals surface area contributed by atoms with Gasteiger partial charge in [-0.2, -0.15) is 0 Å². The zero-order valence-electron chi connectivity index (χ0n) is 11.5. The fourth-order valence-corrected chi connectivity index (χ4v) is 3.15. The predicted octanol–water partition coefficient (Wildman–Crippen LogP) is 2.34. The minimum atomic E-state index is -0.181. The van der Waals surface area contributed by atoms with Gasteiger partial charge in [-0.25, -0.2) is 4.98 Å². The van der Waals surface area contributed by atoms with Gasteiger partial charge in [0.25, 0.3) is 0 Å². The van der Waals surface area contributed by atoms with Crippen LogP contribution in [0.25, 0.3) is 0 Å². The number of anilines is 1. The fourth-order valence-electron chi connectivity index (χ4n) is 2.40. The van der Waals surface area contributed by atoms with Crippen molar-refractivity contribution in [1.29, 1.82) is 0 Å². The van der Waals surface area contributed by atoms with Gasteiger partial charge in [0.2, 0.25) is 5.91 Å². The highest BCUT2D eigenvalue weighted by atomic mass is 32.1. The van der Waals surface area contributed by atoms with E-state index in [1.807, 2.05) is 20.8 Å². The zero-order chi connectivity index (χ0) is 14.2. The van der Waals surface area contributed by atoms with E-state index >= 15 is 0 Å². The van der Waals surface area contributed by atoms with Gasteiger partial charge < -0.3 is 10.1 Å². The van der Waals surface area contributed by atoms with Crippen LogP contribution in [0.15, 0.2) is 5.38 Å². The van der Waals surface area contributed by atoms with Crippen LogP contribution in [0.1, 0.15) is 38.2 Å². The number of nitrogens with zero attached hydrogens (tertiary/aromatic N) is 1. The van der Waals surface area contributed by atoms with Crippen molar-refractivity contribution >= 4 is 28.2 Å². The Hall–Kier alpha value is -1.27. The van der Waals surface area contributed by atoms with Gasteiger partial charge in [0.1, 0.15) is 5.69 Å². The van der Waals surface area contributed by atoms with Crippen LogP contribution in [0, 0.1) is 11.8 Å². The highest BCUT2D eigenvalue weighted by Gasteiger charge is 2.41. The molecule has 2 rings (SSSR count). The van der Waals surface area contributed by atoms with Crippen LogP contribution >= 0.6 is 11.3 Å². The number of carbonyl (C=O) groups is 2. The third-order valence-corrected chi connectivity index (χ3v) is 4.40. The molecule has 1 aliphatic heterocycles. The molecule has 0 aromatic carbocycles. The summed E-state index contributed by atoms with van der Waals surface area (Å²) in [7, 11) is 0. The third-order valence-electron chi connectivity index (χ3n) is 3.64. The first-order chi connectivity index (χ1) is 8.90. The van der Waals surface area contributed by atoms with E-state index < -0.39 is 0 Å². The molecule has 6 heteroatoms. The van der Waals surface area contributed by atoms with E-state index in [1.54, 1.807) is 5.38 Å². The van der Waals surface area contributed by atoms with Crippen LogP contribution in [0.4, 0.5) is 5.13 Å². The van der Waals surface area contributed by atoms with E-state index in [0.29, 0.717) is 10.8 Å². The first-order valence-corrected chi connectivity index (χ1v) is 7.21. The number of rotatable bonds is 3. The van der Waals surface area contributed by atoms with E-state index in [4.69, 9.17) is 4.74 Å². The van der Waals surface area contributed by atoms with Crippen molar-refractivity contribution in [1.82, 2.24) is 4.98 Å². The molecule has 0 aliphatic carbocycles. The average Bonchev–Trinajstić information content (AvgIpc) is 2.85. The first-order valence-electron chi connectivity index (χ1n) is 6.33. The Morgan fingerprint density at radius 1 is 1.32 bits per heavy atom. The molecule has 1 aromatic heterocycles. The standard InChI is InChI=1S/C13H18N2O3S/c1-6-8(3)18-9(4)11(6)12(17)15-13-14-10(5-19-13)7(2)16/h5-6,8-9,11H,1-4H3,(H,14,15,17). The van der Waals surface area contributed by atoms with Crippen molar-refractivity contribution < 1.29 is 14.3 Å². The second-order valence-electron chi connectivity index (χ2n) is 5.01. The lowest BCUT2D eigenvalue weighted by molar-refractivity contribution is -0.121. The predicted molar refractivity (Wildman–Crippen MR) is 73.4 cm³/mol. The molecule has 2 heterocycles. The second-order valence-corrected chi connectivity index (χ2v) is 5.87. The largest absolute Gasteiger partial charge is 0.374 e. The van der Waals surface area contributed by atoms with Gasteiger partial charge in [0, 0.05) is 12.3 Å². The molecule has 1 fully saturated rings. The third kappa shape index (κ3) is 2.84.